The Labute approximate surface area is 174 Å². The van der Waals surface area contributed by atoms with E-state index in [-0.39, 0.29) is 0 Å². The molecule has 158 valence electrons. The Balaban J connectivity index is 1.56. The Bertz CT molecular complexity index is 733. The van der Waals surface area contributed by atoms with Gasteiger partial charge in [-0.05, 0) is 31.4 Å². The lowest BCUT2D eigenvalue weighted by Gasteiger charge is -2.33. The molecule has 0 saturated carbocycles. The summed E-state index contributed by atoms with van der Waals surface area (Å²) < 4.78 is 2.10. The fraction of sp³-hybridized carbons (Fsp3) is 0.591. The summed E-state index contributed by atoms with van der Waals surface area (Å²) in [4.78, 5) is 7.41. The average molecular weight is 398 g/mol. The van der Waals surface area contributed by atoms with E-state index in [2.05, 4.69) is 68.4 Å². The maximum atomic E-state index is 4.85. The topological polar surface area (TPSA) is 70.4 Å². The van der Waals surface area contributed by atoms with E-state index in [1.165, 1.54) is 18.5 Å². The van der Waals surface area contributed by atoms with Gasteiger partial charge in [-0.25, -0.2) is 4.99 Å². The number of likely N-dealkylation sites (tertiary alicyclic amines) is 1. The van der Waals surface area contributed by atoms with Crippen LogP contribution >= 0.6 is 0 Å². The molecule has 29 heavy (non-hydrogen) atoms. The maximum absolute atomic E-state index is 4.85. The molecule has 1 fully saturated rings. The molecule has 0 amide bonds. The quantitative estimate of drug-likeness (QED) is 0.502. The molecule has 1 aliphatic rings. The van der Waals surface area contributed by atoms with Gasteiger partial charge in [0.25, 0.3) is 0 Å². The fourth-order valence-electron chi connectivity index (χ4n) is 3.75. The van der Waals surface area contributed by atoms with Crippen molar-refractivity contribution in [3.8, 4) is 0 Å². The lowest BCUT2D eigenvalue weighted by molar-refractivity contribution is 0.206. The number of piperidine rings is 1. The molecule has 7 nitrogen and oxygen atoms in total. The standard InChI is InChI=1S/C22H35N7/c1-3-13-28-14-10-20(11-15-28)26-22(24-17-19-8-6-5-7-9-19)23-12-16-29-18-25-27-21(29)4-2/h5-9,18,20H,3-4,10-17H2,1-2H3,(H2,23,24,26). The van der Waals surface area contributed by atoms with Crippen LogP contribution in [0.1, 0.15) is 44.5 Å². The van der Waals surface area contributed by atoms with Crippen molar-refractivity contribution in [2.75, 3.05) is 26.2 Å². The second-order valence-corrected chi connectivity index (χ2v) is 7.63. The predicted octanol–water partition coefficient (Wildman–Crippen LogP) is 2.45. The zero-order valence-corrected chi connectivity index (χ0v) is 17.8. The smallest absolute Gasteiger partial charge is 0.191 e. The van der Waals surface area contributed by atoms with Crippen molar-refractivity contribution in [1.29, 1.82) is 0 Å². The van der Waals surface area contributed by atoms with Crippen LogP contribution in [0.4, 0.5) is 0 Å². The highest BCUT2D eigenvalue weighted by Crippen LogP contribution is 2.10. The van der Waals surface area contributed by atoms with Crippen LogP contribution in [0.25, 0.3) is 0 Å². The molecule has 3 rings (SSSR count). The predicted molar refractivity (Wildman–Crippen MR) is 118 cm³/mol. The van der Waals surface area contributed by atoms with E-state index in [9.17, 15) is 0 Å². The van der Waals surface area contributed by atoms with Gasteiger partial charge in [-0.3, -0.25) is 0 Å². The third kappa shape index (κ3) is 6.85. The van der Waals surface area contributed by atoms with Crippen molar-refractivity contribution in [3.05, 3.63) is 48.0 Å². The molecule has 0 spiro atoms. The van der Waals surface area contributed by atoms with Crippen molar-refractivity contribution in [2.45, 2.75) is 58.7 Å². The number of nitrogens with one attached hydrogen (secondary N) is 2. The Kier molecular flexibility index (Phi) is 8.49. The molecule has 1 saturated heterocycles. The Hall–Kier alpha value is -2.41. The molecule has 2 heterocycles. The molecule has 1 aliphatic heterocycles. The van der Waals surface area contributed by atoms with Gasteiger partial charge >= 0.3 is 0 Å². The van der Waals surface area contributed by atoms with Crippen LogP contribution in [0.15, 0.2) is 41.7 Å². The van der Waals surface area contributed by atoms with Gasteiger partial charge in [0, 0.05) is 38.6 Å². The van der Waals surface area contributed by atoms with Crippen molar-refractivity contribution >= 4 is 5.96 Å². The van der Waals surface area contributed by atoms with E-state index in [0.717, 1.165) is 57.2 Å². The molecule has 0 aliphatic carbocycles. The minimum atomic E-state index is 0.478. The van der Waals surface area contributed by atoms with Gasteiger partial charge < -0.3 is 20.1 Å². The van der Waals surface area contributed by atoms with Crippen molar-refractivity contribution in [1.82, 2.24) is 30.3 Å². The molecule has 0 atom stereocenters. The van der Waals surface area contributed by atoms with Crippen molar-refractivity contribution in [3.63, 3.8) is 0 Å². The summed E-state index contributed by atoms with van der Waals surface area (Å²) in [5, 5.41) is 15.4. The van der Waals surface area contributed by atoms with E-state index >= 15 is 0 Å². The number of aryl methyl sites for hydroxylation is 1. The van der Waals surface area contributed by atoms with Gasteiger partial charge in [-0.1, -0.05) is 44.2 Å². The van der Waals surface area contributed by atoms with E-state index in [4.69, 9.17) is 4.99 Å². The van der Waals surface area contributed by atoms with Gasteiger partial charge in [0.15, 0.2) is 5.96 Å². The highest BCUT2D eigenvalue weighted by molar-refractivity contribution is 5.80. The first kappa shape index (κ1) is 21.3. The molecule has 0 bridgehead atoms. The zero-order chi connectivity index (χ0) is 20.3. The molecular formula is C22H35N7. The molecule has 0 unspecified atom stereocenters. The normalized spacial score (nSPS) is 16.1. The minimum absolute atomic E-state index is 0.478. The molecule has 7 heteroatoms. The van der Waals surface area contributed by atoms with Gasteiger partial charge in [0.2, 0.25) is 0 Å². The number of aliphatic imine (C=N–C) groups is 1. The number of guanidine groups is 1. The monoisotopic (exact) mass is 397 g/mol. The van der Waals surface area contributed by atoms with E-state index in [1.807, 2.05) is 6.07 Å². The summed E-state index contributed by atoms with van der Waals surface area (Å²) in [5.74, 6) is 1.92. The summed E-state index contributed by atoms with van der Waals surface area (Å²) >= 11 is 0. The molecule has 1 aromatic carbocycles. The molecule has 0 radical (unpaired) electrons. The zero-order valence-electron chi connectivity index (χ0n) is 17.8. The highest BCUT2D eigenvalue weighted by Gasteiger charge is 2.19. The first-order chi connectivity index (χ1) is 14.3. The third-order valence-electron chi connectivity index (χ3n) is 5.39. The van der Waals surface area contributed by atoms with Crippen molar-refractivity contribution < 1.29 is 0 Å². The maximum Gasteiger partial charge on any atom is 0.191 e. The molecule has 1 aromatic heterocycles. The number of benzene rings is 1. The van der Waals surface area contributed by atoms with Crippen LogP contribution in [0.5, 0.6) is 0 Å². The third-order valence-corrected chi connectivity index (χ3v) is 5.39. The van der Waals surface area contributed by atoms with Crippen LogP contribution in [-0.4, -0.2) is 57.8 Å². The lowest BCUT2D eigenvalue weighted by Crippen LogP contribution is -2.49. The summed E-state index contributed by atoms with van der Waals surface area (Å²) in [6.45, 7) is 10.2. The number of aromatic nitrogens is 3. The fourth-order valence-corrected chi connectivity index (χ4v) is 3.75. The largest absolute Gasteiger partial charge is 0.355 e. The van der Waals surface area contributed by atoms with Crippen LogP contribution in [0, 0.1) is 0 Å². The summed E-state index contributed by atoms with van der Waals surface area (Å²) in [6.07, 6.45) is 6.25. The molecular weight excluding hydrogens is 362 g/mol. The second kappa shape index (κ2) is 11.6. The van der Waals surface area contributed by atoms with E-state index in [0.29, 0.717) is 12.6 Å². The number of hydrogen-bond acceptors (Lipinski definition) is 4. The average Bonchev–Trinajstić information content (AvgIpc) is 3.22. The summed E-state index contributed by atoms with van der Waals surface area (Å²) in [5.41, 5.74) is 1.22. The number of rotatable bonds is 9. The molecule has 2 aromatic rings. The van der Waals surface area contributed by atoms with Gasteiger partial charge in [0.05, 0.1) is 6.54 Å². The summed E-state index contributed by atoms with van der Waals surface area (Å²) in [7, 11) is 0. The number of hydrogen-bond donors (Lipinski definition) is 2. The van der Waals surface area contributed by atoms with E-state index < -0.39 is 0 Å². The highest BCUT2D eigenvalue weighted by atomic mass is 15.3. The first-order valence-corrected chi connectivity index (χ1v) is 11.0. The Morgan fingerprint density at radius 1 is 1.14 bits per heavy atom. The van der Waals surface area contributed by atoms with Gasteiger partial charge in [0.1, 0.15) is 12.2 Å². The lowest BCUT2D eigenvalue weighted by atomic mass is 10.1. The van der Waals surface area contributed by atoms with E-state index in [1.54, 1.807) is 6.33 Å². The first-order valence-electron chi connectivity index (χ1n) is 11.0. The minimum Gasteiger partial charge on any atom is -0.355 e. The Morgan fingerprint density at radius 2 is 1.93 bits per heavy atom. The summed E-state index contributed by atoms with van der Waals surface area (Å²) in [6, 6.07) is 10.9. The van der Waals surface area contributed by atoms with Crippen LogP contribution in [0.2, 0.25) is 0 Å². The van der Waals surface area contributed by atoms with Crippen LogP contribution < -0.4 is 10.6 Å². The van der Waals surface area contributed by atoms with Gasteiger partial charge in [-0.2, -0.15) is 0 Å². The second-order valence-electron chi connectivity index (χ2n) is 7.63. The van der Waals surface area contributed by atoms with Crippen LogP contribution in [0.3, 0.4) is 0 Å². The van der Waals surface area contributed by atoms with Gasteiger partial charge in [-0.15, -0.1) is 10.2 Å². The number of nitrogens with zero attached hydrogens (tertiary/aromatic N) is 5. The molecule has 2 N–H and O–H groups in total. The van der Waals surface area contributed by atoms with Crippen LogP contribution in [-0.2, 0) is 19.5 Å². The SMILES string of the molecule is CCCN1CCC(NC(=NCc2ccccc2)NCCn2cnnc2CC)CC1. The Morgan fingerprint density at radius 3 is 2.66 bits per heavy atom. The van der Waals surface area contributed by atoms with Crippen molar-refractivity contribution in [2.24, 2.45) is 4.99 Å².